The Hall–Kier alpha value is -2.62. The second kappa shape index (κ2) is 5.88. The van der Waals surface area contributed by atoms with Gasteiger partial charge < -0.3 is 5.32 Å². The Labute approximate surface area is 134 Å². The van der Waals surface area contributed by atoms with E-state index in [0.29, 0.717) is 18.0 Å². The summed E-state index contributed by atoms with van der Waals surface area (Å²) in [5.41, 5.74) is 4.52. The minimum Gasteiger partial charge on any atom is -0.352 e. The second-order valence-corrected chi connectivity index (χ2v) is 6.11. The summed E-state index contributed by atoms with van der Waals surface area (Å²) in [6, 6.07) is 13.7. The van der Waals surface area contributed by atoms with Crippen LogP contribution >= 0.6 is 0 Å². The Balaban J connectivity index is 1.50. The van der Waals surface area contributed by atoms with Crippen molar-refractivity contribution in [2.75, 3.05) is 6.54 Å². The number of H-pyrrole nitrogens is 1. The van der Waals surface area contributed by atoms with Crippen LogP contribution in [0.15, 0.2) is 48.7 Å². The number of nitrogens with zero attached hydrogens (tertiary/aromatic N) is 1. The summed E-state index contributed by atoms with van der Waals surface area (Å²) >= 11 is 0. The minimum absolute atomic E-state index is 0.0158. The molecule has 1 aliphatic carbocycles. The molecule has 2 N–H and O–H groups in total. The number of hydrogen-bond donors (Lipinski definition) is 2. The molecule has 0 radical (unpaired) electrons. The van der Waals surface area contributed by atoms with Crippen LogP contribution in [0, 0.1) is 0 Å². The summed E-state index contributed by atoms with van der Waals surface area (Å²) in [6.07, 6.45) is 5.27. The van der Waals surface area contributed by atoms with Gasteiger partial charge in [0, 0.05) is 17.5 Å². The van der Waals surface area contributed by atoms with Crippen molar-refractivity contribution in [3.05, 3.63) is 65.4 Å². The third kappa shape index (κ3) is 2.84. The highest BCUT2D eigenvalue weighted by molar-refractivity contribution is 5.94. The van der Waals surface area contributed by atoms with Gasteiger partial charge in [-0.15, -0.1) is 0 Å². The van der Waals surface area contributed by atoms with Crippen LogP contribution in [-0.2, 0) is 6.42 Å². The van der Waals surface area contributed by atoms with Crippen LogP contribution in [0.3, 0.4) is 0 Å². The fourth-order valence-corrected chi connectivity index (χ4v) is 3.14. The molecular formula is C19H19N3O. The van der Waals surface area contributed by atoms with E-state index in [0.717, 1.165) is 11.9 Å². The molecular weight excluding hydrogens is 286 g/mol. The van der Waals surface area contributed by atoms with Crippen LogP contribution in [0.1, 0.15) is 40.2 Å². The predicted octanol–water partition coefficient (Wildman–Crippen LogP) is 3.41. The van der Waals surface area contributed by atoms with Crippen molar-refractivity contribution in [1.82, 2.24) is 15.5 Å². The summed E-state index contributed by atoms with van der Waals surface area (Å²) in [6.45, 7) is 0.637. The Morgan fingerprint density at radius 2 is 2.00 bits per heavy atom. The van der Waals surface area contributed by atoms with Crippen molar-refractivity contribution in [2.45, 2.75) is 25.2 Å². The van der Waals surface area contributed by atoms with E-state index >= 15 is 0 Å². The molecule has 0 atom stereocenters. The number of aromatic nitrogens is 2. The number of rotatable bonds is 5. The molecule has 0 unspecified atom stereocenters. The van der Waals surface area contributed by atoms with Crippen molar-refractivity contribution < 1.29 is 4.79 Å². The first kappa shape index (κ1) is 14.0. The normalized spacial score (nSPS) is 14.1. The zero-order chi connectivity index (χ0) is 15.6. The lowest BCUT2D eigenvalue weighted by Crippen LogP contribution is -2.25. The summed E-state index contributed by atoms with van der Waals surface area (Å²) in [7, 11) is 0. The molecule has 1 heterocycles. The molecule has 3 aromatic rings. The molecule has 2 aromatic carbocycles. The van der Waals surface area contributed by atoms with E-state index in [1.165, 1.54) is 29.4 Å². The van der Waals surface area contributed by atoms with Gasteiger partial charge in [0.1, 0.15) is 0 Å². The van der Waals surface area contributed by atoms with Gasteiger partial charge in [0.15, 0.2) is 0 Å². The lowest BCUT2D eigenvalue weighted by Gasteiger charge is -2.11. The predicted molar refractivity (Wildman–Crippen MR) is 90.5 cm³/mol. The van der Waals surface area contributed by atoms with Gasteiger partial charge in [0.2, 0.25) is 0 Å². The summed E-state index contributed by atoms with van der Waals surface area (Å²) in [5.74, 6) is 0.673. The zero-order valence-corrected chi connectivity index (χ0v) is 12.9. The number of aromatic amines is 1. The van der Waals surface area contributed by atoms with Crippen LogP contribution in [0.5, 0.6) is 0 Å². The van der Waals surface area contributed by atoms with E-state index in [2.05, 4.69) is 27.6 Å². The van der Waals surface area contributed by atoms with Crippen LogP contribution < -0.4 is 5.32 Å². The summed E-state index contributed by atoms with van der Waals surface area (Å²) < 4.78 is 0. The van der Waals surface area contributed by atoms with Gasteiger partial charge in [-0.1, -0.05) is 24.3 Å². The molecule has 1 fully saturated rings. The topological polar surface area (TPSA) is 57.8 Å². The van der Waals surface area contributed by atoms with Crippen LogP contribution in [0.2, 0.25) is 0 Å². The monoisotopic (exact) mass is 305 g/mol. The second-order valence-electron chi connectivity index (χ2n) is 6.11. The van der Waals surface area contributed by atoms with Gasteiger partial charge in [0.05, 0.1) is 11.7 Å². The van der Waals surface area contributed by atoms with Gasteiger partial charge in [0.25, 0.3) is 5.91 Å². The molecule has 0 aliphatic heterocycles. The minimum atomic E-state index is -0.0158. The zero-order valence-electron chi connectivity index (χ0n) is 12.9. The summed E-state index contributed by atoms with van der Waals surface area (Å²) in [5, 5.41) is 11.4. The van der Waals surface area contributed by atoms with E-state index in [1.807, 2.05) is 36.5 Å². The standard InChI is InChI=1S/C19H19N3O/c23-19(14-4-2-1-3-5-14)20-11-10-16-15(13-6-7-13)8-9-18-17(16)12-21-22-18/h1-5,8-9,12-13H,6-7,10-11H2,(H,20,23)(H,21,22). The molecule has 4 heteroatoms. The maximum absolute atomic E-state index is 12.1. The third-order valence-electron chi connectivity index (χ3n) is 4.49. The maximum atomic E-state index is 12.1. The smallest absolute Gasteiger partial charge is 0.251 e. The van der Waals surface area contributed by atoms with E-state index < -0.39 is 0 Å². The Bertz CT molecular complexity index is 834. The number of nitrogens with one attached hydrogen (secondary N) is 2. The Morgan fingerprint density at radius 3 is 2.78 bits per heavy atom. The highest BCUT2D eigenvalue weighted by Gasteiger charge is 2.26. The van der Waals surface area contributed by atoms with E-state index in [-0.39, 0.29) is 5.91 Å². The van der Waals surface area contributed by atoms with Gasteiger partial charge in [-0.25, -0.2) is 0 Å². The van der Waals surface area contributed by atoms with Gasteiger partial charge in [-0.2, -0.15) is 5.10 Å². The van der Waals surface area contributed by atoms with Crippen molar-refractivity contribution >= 4 is 16.8 Å². The van der Waals surface area contributed by atoms with Crippen molar-refractivity contribution in [3.8, 4) is 0 Å². The molecule has 1 saturated carbocycles. The average molecular weight is 305 g/mol. The van der Waals surface area contributed by atoms with Gasteiger partial charge >= 0.3 is 0 Å². The highest BCUT2D eigenvalue weighted by Crippen LogP contribution is 2.43. The maximum Gasteiger partial charge on any atom is 0.251 e. The average Bonchev–Trinajstić information content (AvgIpc) is 3.32. The van der Waals surface area contributed by atoms with Crippen molar-refractivity contribution in [1.29, 1.82) is 0 Å². The van der Waals surface area contributed by atoms with Crippen LogP contribution in [0.4, 0.5) is 0 Å². The first-order chi connectivity index (χ1) is 11.3. The van der Waals surface area contributed by atoms with E-state index in [9.17, 15) is 4.79 Å². The molecule has 1 aliphatic rings. The number of hydrogen-bond acceptors (Lipinski definition) is 2. The first-order valence-corrected chi connectivity index (χ1v) is 8.11. The Kier molecular flexibility index (Phi) is 3.58. The van der Waals surface area contributed by atoms with Crippen LogP contribution in [-0.4, -0.2) is 22.6 Å². The largest absolute Gasteiger partial charge is 0.352 e. The molecule has 116 valence electrons. The fraction of sp³-hybridized carbons (Fsp3) is 0.263. The molecule has 0 saturated heterocycles. The lowest BCUT2D eigenvalue weighted by molar-refractivity contribution is 0.0954. The van der Waals surface area contributed by atoms with E-state index in [4.69, 9.17) is 0 Å². The number of carbonyl (C=O) groups is 1. The van der Waals surface area contributed by atoms with Gasteiger partial charge in [-0.3, -0.25) is 9.89 Å². The van der Waals surface area contributed by atoms with Crippen LogP contribution in [0.25, 0.3) is 10.9 Å². The summed E-state index contributed by atoms with van der Waals surface area (Å²) in [4.78, 5) is 12.1. The van der Waals surface area contributed by atoms with E-state index in [1.54, 1.807) is 0 Å². The third-order valence-corrected chi connectivity index (χ3v) is 4.49. The molecule has 0 bridgehead atoms. The Morgan fingerprint density at radius 1 is 1.17 bits per heavy atom. The van der Waals surface area contributed by atoms with Gasteiger partial charge in [-0.05, 0) is 54.5 Å². The molecule has 23 heavy (non-hydrogen) atoms. The molecule has 0 spiro atoms. The molecule has 4 rings (SSSR count). The number of benzene rings is 2. The number of carbonyl (C=O) groups excluding carboxylic acids is 1. The number of amides is 1. The fourth-order valence-electron chi connectivity index (χ4n) is 3.14. The molecule has 1 aromatic heterocycles. The first-order valence-electron chi connectivity index (χ1n) is 8.11. The molecule has 1 amide bonds. The lowest BCUT2D eigenvalue weighted by atomic mass is 9.97. The quantitative estimate of drug-likeness (QED) is 0.759. The number of fused-ring (bicyclic) bond motifs is 1. The SMILES string of the molecule is O=C(NCCc1c(C2CC2)ccc2[nH]ncc12)c1ccccc1. The molecule has 4 nitrogen and oxygen atoms in total. The van der Waals surface area contributed by atoms with Crippen molar-refractivity contribution in [3.63, 3.8) is 0 Å². The van der Waals surface area contributed by atoms with Crippen molar-refractivity contribution in [2.24, 2.45) is 0 Å². The highest BCUT2D eigenvalue weighted by atomic mass is 16.1.